The third kappa shape index (κ3) is 4.10. The van der Waals surface area contributed by atoms with E-state index in [0.29, 0.717) is 11.3 Å². The summed E-state index contributed by atoms with van der Waals surface area (Å²) in [5.41, 5.74) is 1.31. The Morgan fingerprint density at radius 2 is 2.00 bits per heavy atom. The maximum absolute atomic E-state index is 13.5. The van der Waals surface area contributed by atoms with Crippen LogP contribution < -0.4 is 5.32 Å². The van der Waals surface area contributed by atoms with Crippen LogP contribution >= 0.6 is 0 Å². The zero-order valence-electron chi connectivity index (χ0n) is 11.4. The molecule has 0 saturated heterocycles. The SMILES string of the molecule is CC(O)c1cccc(NC(=O)Cc2ccc(F)cc2F)c1. The Kier molecular flexibility index (Phi) is 4.65. The Balaban J connectivity index is 2.06. The summed E-state index contributed by atoms with van der Waals surface area (Å²) < 4.78 is 26.3. The fourth-order valence-electron chi connectivity index (χ4n) is 1.92. The highest BCUT2D eigenvalue weighted by Crippen LogP contribution is 2.17. The molecule has 2 aromatic carbocycles. The first kappa shape index (κ1) is 15.1. The zero-order chi connectivity index (χ0) is 15.4. The molecule has 0 aliphatic heterocycles. The largest absolute Gasteiger partial charge is 0.389 e. The molecule has 21 heavy (non-hydrogen) atoms. The van der Waals surface area contributed by atoms with Gasteiger partial charge in [0.25, 0.3) is 0 Å². The van der Waals surface area contributed by atoms with Crippen molar-refractivity contribution in [1.29, 1.82) is 0 Å². The van der Waals surface area contributed by atoms with Crippen molar-refractivity contribution in [3.63, 3.8) is 0 Å². The number of benzene rings is 2. The fraction of sp³-hybridized carbons (Fsp3) is 0.188. The summed E-state index contributed by atoms with van der Waals surface area (Å²) in [6.07, 6.45) is -0.832. The van der Waals surface area contributed by atoms with E-state index in [1.807, 2.05) is 0 Å². The van der Waals surface area contributed by atoms with E-state index in [-0.39, 0.29) is 12.0 Å². The topological polar surface area (TPSA) is 49.3 Å². The number of anilines is 1. The number of halogens is 2. The molecule has 110 valence electrons. The number of amides is 1. The Morgan fingerprint density at radius 1 is 1.24 bits per heavy atom. The quantitative estimate of drug-likeness (QED) is 0.909. The molecule has 0 spiro atoms. The van der Waals surface area contributed by atoms with Crippen molar-refractivity contribution in [2.75, 3.05) is 5.32 Å². The summed E-state index contributed by atoms with van der Waals surface area (Å²) in [5, 5.41) is 12.1. The number of aliphatic hydroxyl groups excluding tert-OH is 1. The van der Waals surface area contributed by atoms with Crippen LogP contribution in [0.5, 0.6) is 0 Å². The second-order valence-corrected chi connectivity index (χ2v) is 4.76. The van der Waals surface area contributed by atoms with Crippen molar-refractivity contribution in [3.8, 4) is 0 Å². The fourth-order valence-corrected chi connectivity index (χ4v) is 1.92. The monoisotopic (exact) mass is 291 g/mol. The lowest BCUT2D eigenvalue weighted by atomic mass is 10.1. The molecule has 1 unspecified atom stereocenters. The summed E-state index contributed by atoms with van der Waals surface area (Å²) in [4.78, 5) is 11.9. The third-order valence-electron chi connectivity index (χ3n) is 3.02. The van der Waals surface area contributed by atoms with Gasteiger partial charge in [-0.05, 0) is 36.2 Å². The molecule has 0 aliphatic rings. The number of rotatable bonds is 4. The third-order valence-corrected chi connectivity index (χ3v) is 3.02. The molecular formula is C16H15F2NO2. The molecule has 2 rings (SSSR count). The molecule has 0 saturated carbocycles. The number of carbonyl (C=O) groups is 1. The van der Waals surface area contributed by atoms with E-state index in [4.69, 9.17) is 0 Å². The van der Waals surface area contributed by atoms with Crippen molar-refractivity contribution in [1.82, 2.24) is 0 Å². The van der Waals surface area contributed by atoms with Crippen molar-refractivity contribution >= 4 is 11.6 Å². The minimum Gasteiger partial charge on any atom is -0.389 e. The van der Waals surface area contributed by atoms with Crippen LogP contribution in [0, 0.1) is 11.6 Å². The van der Waals surface area contributed by atoms with Gasteiger partial charge in [-0.25, -0.2) is 8.78 Å². The van der Waals surface area contributed by atoms with Crippen molar-refractivity contribution in [2.24, 2.45) is 0 Å². The molecule has 0 fully saturated rings. The Hall–Kier alpha value is -2.27. The zero-order valence-corrected chi connectivity index (χ0v) is 11.4. The Labute approximate surface area is 121 Å². The highest BCUT2D eigenvalue weighted by Gasteiger charge is 2.10. The first-order valence-corrected chi connectivity index (χ1v) is 6.47. The maximum atomic E-state index is 13.5. The number of hydrogen-bond acceptors (Lipinski definition) is 2. The van der Waals surface area contributed by atoms with E-state index in [0.717, 1.165) is 12.1 Å². The van der Waals surface area contributed by atoms with Gasteiger partial charge in [0.2, 0.25) is 5.91 Å². The lowest BCUT2D eigenvalue weighted by molar-refractivity contribution is -0.115. The van der Waals surface area contributed by atoms with E-state index < -0.39 is 23.6 Å². The predicted molar refractivity (Wildman–Crippen MR) is 75.8 cm³/mol. The Morgan fingerprint density at radius 3 is 2.67 bits per heavy atom. The number of carbonyl (C=O) groups excluding carboxylic acids is 1. The summed E-state index contributed by atoms with van der Waals surface area (Å²) in [5.74, 6) is -1.84. The highest BCUT2D eigenvalue weighted by molar-refractivity contribution is 5.92. The molecule has 1 atom stereocenters. The first-order valence-electron chi connectivity index (χ1n) is 6.47. The number of hydrogen-bond donors (Lipinski definition) is 2. The van der Waals surface area contributed by atoms with Gasteiger partial charge >= 0.3 is 0 Å². The summed E-state index contributed by atoms with van der Waals surface area (Å²) in [6, 6.07) is 9.86. The first-order chi connectivity index (χ1) is 9.95. The van der Waals surface area contributed by atoms with Gasteiger partial charge in [-0.3, -0.25) is 4.79 Å². The highest BCUT2D eigenvalue weighted by atomic mass is 19.1. The maximum Gasteiger partial charge on any atom is 0.228 e. The molecule has 2 aromatic rings. The second-order valence-electron chi connectivity index (χ2n) is 4.76. The molecule has 0 heterocycles. The molecule has 0 radical (unpaired) electrons. The smallest absolute Gasteiger partial charge is 0.228 e. The van der Waals surface area contributed by atoms with Gasteiger partial charge in [-0.1, -0.05) is 18.2 Å². The summed E-state index contributed by atoms with van der Waals surface area (Å²) in [7, 11) is 0. The van der Waals surface area contributed by atoms with Gasteiger partial charge in [0.05, 0.1) is 12.5 Å². The molecule has 0 aromatic heterocycles. The minimum absolute atomic E-state index is 0.126. The van der Waals surface area contributed by atoms with Crippen LogP contribution in [0.3, 0.4) is 0 Å². The molecule has 0 bridgehead atoms. The van der Waals surface area contributed by atoms with E-state index >= 15 is 0 Å². The van der Waals surface area contributed by atoms with E-state index in [2.05, 4.69) is 5.32 Å². The van der Waals surface area contributed by atoms with Crippen molar-refractivity contribution < 1.29 is 18.7 Å². The van der Waals surface area contributed by atoms with Gasteiger partial charge in [0, 0.05) is 11.8 Å². The van der Waals surface area contributed by atoms with Crippen LogP contribution in [0.2, 0.25) is 0 Å². The summed E-state index contributed by atoms with van der Waals surface area (Å²) in [6.45, 7) is 1.62. The molecule has 3 nitrogen and oxygen atoms in total. The molecule has 5 heteroatoms. The van der Waals surface area contributed by atoms with Gasteiger partial charge in [-0.15, -0.1) is 0 Å². The van der Waals surface area contributed by atoms with Crippen LogP contribution in [0.1, 0.15) is 24.2 Å². The normalized spacial score (nSPS) is 12.0. The molecular weight excluding hydrogens is 276 g/mol. The van der Waals surface area contributed by atoms with E-state index in [1.54, 1.807) is 31.2 Å². The van der Waals surface area contributed by atoms with Crippen LogP contribution in [0.25, 0.3) is 0 Å². The van der Waals surface area contributed by atoms with Gasteiger partial charge in [0.15, 0.2) is 0 Å². The predicted octanol–water partition coefficient (Wildman–Crippen LogP) is 3.20. The van der Waals surface area contributed by atoms with E-state index in [1.165, 1.54) is 6.07 Å². The van der Waals surface area contributed by atoms with Crippen LogP contribution in [0.4, 0.5) is 14.5 Å². The summed E-state index contributed by atoms with van der Waals surface area (Å²) >= 11 is 0. The lowest BCUT2D eigenvalue weighted by Crippen LogP contribution is -2.15. The van der Waals surface area contributed by atoms with Crippen molar-refractivity contribution in [2.45, 2.75) is 19.4 Å². The van der Waals surface area contributed by atoms with Crippen LogP contribution in [-0.2, 0) is 11.2 Å². The second kappa shape index (κ2) is 6.45. The van der Waals surface area contributed by atoms with Gasteiger partial charge in [0.1, 0.15) is 11.6 Å². The van der Waals surface area contributed by atoms with E-state index in [9.17, 15) is 18.7 Å². The average molecular weight is 291 g/mol. The van der Waals surface area contributed by atoms with Crippen molar-refractivity contribution in [3.05, 3.63) is 65.2 Å². The molecule has 2 N–H and O–H groups in total. The average Bonchev–Trinajstić information content (AvgIpc) is 2.42. The minimum atomic E-state index is -0.747. The standard InChI is InChI=1S/C16H15F2NO2/c1-10(20)11-3-2-4-14(7-11)19-16(21)8-12-5-6-13(17)9-15(12)18/h2-7,9-10,20H,8H2,1H3,(H,19,21). The van der Waals surface area contributed by atoms with Gasteiger partial charge in [-0.2, -0.15) is 0 Å². The lowest BCUT2D eigenvalue weighted by Gasteiger charge is -2.09. The van der Waals surface area contributed by atoms with Crippen LogP contribution in [-0.4, -0.2) is 11.0 Å². The van der Waals surface area contributed by atoms with Gasteiger partial charge < -0.3 is 10.4 Å². The molecule has 0 aliphatic carbocycles. The number of aliphatic hydroxyl groups is 1. The van der Waals surface area contributed by atoms with Crippen LogP contribution in [0.15, 0.2) is 42.5 Å². The Bertz CT molecular complexity index is 656. The number of nitrogens with one attached hydrogen (secondary N) is 1. The molecule has 1 amide bonds.